The summed E-state index contributed by atoms with van der Waals surface area (Å²) < 4.78 is 84.6. The van der Waals surface area contributed by atoms with Crippen LogP contribution in [-0.4, -0.2) is 47.7 Å². The second-order valence-corrected chi connectivity index (χ2v) is 7.73. The highest BCUT2D eigenvalue weighted by molar-refractivity contribution is 5.85. The fourth-order valence-corrected chi connectivity index (χ4v) is 4.06. The highest BCUT2D eigenvalue weighted by Gasteiger charge is 2.60. The number of benzene rings is 2. The number of phenolic OH excluding ortho intramolecular Hbond substituents is 2. The zero-order valence-corrected chi connectivity index (χ0v) is 17.1. The number of aromatic hydroxyl groups is 2. The van der Waals surface area contributed by atoms with Crippen molar-refractivity contribution in [3.8, 4) is 11.5 Å². The van der Waals surface area contributed by atoms with Crippen LogP contribution in [0.25, 0.3) is 0 Å². The summed E-state index contributed by atoms with van der Waals surface area (Å²) in [6.07, 6.45) is -9.65. The van der Waals surface area contributed by atoms with E-state index in [2.05, 4.69) is 9.47 Å². The highest BCUT2D eigenvalue weighted by atomic mass is 19.4. The van der Waals surface area contributed by atoms with E-state index in [0.717, 1.165) is 0 Å². The van der Waals surface area contributed by atoms with Crippen LogP contribution in [0.1, 0.15) is 23.0 Å². The van der Waals surface area contributed by atoms with Gasteiger partial charge in [0, 0.05) is 11.8 Å². The Balaban J connectivity index is 2.02. The van der Waals surface area contributed by atoms with Crippen LogP contribution in [0.3, 0.4) is 0 Å². The van der Waals surface area contributed by atoms with E-state index < -0.39 is 61.2 Å². The Morgan fingerprint density at radius 1 is 0.647 bits per heavy atom. The number of hydrogen-bond acceptors (Lipinski definition) is 6. The van der Waals surface area contributed by atoms with Crippen LogP contribution in [0, 0.1) is 11.8 Å². The zero-order valence-electron chi connectivity index (χ0n) is 17.1. The van der Waals surface area contributed by atoms with E-state index in [0.29, 0.717) is 0 Å². The van der Waals surface area contributed by atoms with E-state index in [9.17, 15) is 46.1 Å². The average Bonchev–Trinajstić information content (AvgIpc) is 2.72. The normalized spacial score (nSPS) is 22.5. The molecule has 184 valence electrons. The average molecular weight is 492 g/mol. The van der Waals surface area contributed by atoms with Crippen LogP contribution in [0.15, 0.2) is 48.5 Å². The van der Waals surface area contributed by atoms with Gasteiger partial charge in [-0.3, -0.25) is 9.59 Å². The van der Waals surface area contributed by atoms with Crippen molar-refractivity contribution >= 4 is 11.9 Å². The minimum Gasteiger partial charge on any atom is -0.508 e. The smallest absolute Gasteiger partial charge is 0.422 e. The van der Waals surface area contributed by atoms with E-state index in [-0.39, 0.29) is 22.6 Å². The number of ether oxygens (including phenoxy) is 2. The van der Waals surface area contributed by atoms with Gasteiger partial charge in [-0.2, -0.15) is 26.3 Å². The number of alkyl halides is 6. The molecular formula is C22H18F6O6. The van der Waals surface area contributed by atoms with Gasteiger partial charge in [-0.05, 0) is 35.4 Å². The van der Waals surface area contributed by atoms with Gasteiger partial charge in [0.15, 0.2) is 13.2 Å². The number of carbonyl (C=O) groups is 2. The molecule has 0 heterocycles. The van der Waals surface area contributed by atoms with Gasteiger partial charge < -0.3 is 19.7 Å². The first kappa shape index (κ1) is 25.2. The molecular weight excluding hydrogens is 474 g/mol. The lowest BCUT2D eigenvalue weighted by Gasteiger charge is -2.49. The lowest BCUT2D eigenvalue weighted by atomic mass is 9.52. The van der Waals surface area contributed by atoms with Crippen LogP contribution in [0.5, 0.6) is 11.5 Å². The van der Waals surface area contributed by atoms with Gasteiger partial charge in [-0.15, -0.1) is 0 Å². The predicted molar refractivity (Wildman–Crippen MR) is 103 cm³/mol. The third kappa shape index (κ3) is 5.91. The molecule has 12 heteroatoms. The molecule has 1 saturated carbocycles. The minimum atomic E-state index is -4.83. The molecule has 34 heavy (non-hydrogen) atoms. The molecule has 3 rings (SSSR count). The van der Waals surface area contributed by atoms with Crippen LogP contribution >= 0.6 is 0 Å². The van der Waals surface area contributed by atoms with Gasteiger partial charge in [0.1, 0.15) is 11.5 Å². The summed E-state index contributed by atoms with van der Waals surface area (Å²) in [5.74, 6) is -8.17. The van der Waals surface area contributed by atoms with E-state index in [1.165, 1.54) is 48.5 Å². The molecule has 0 aromatic heterocycles. The van der Waals surface area contributed by atoms with Crippen molar-refractivity contribution in [3.05, 3.63) is 59.7 Å². The summed E-state index contributed by atoms with van der Waals surface area (Å²) in [4.78, 5) is 25.4. The Morgan fingerprint density at radius 2 is 0.941 bits per heavy atom. The molecule has 0 radical (unpaired) electrons. The molecule has 0 unspecified atom stereocenters. The summed E-state index contributed by atoms with van der Waals surface area (Å²) >= 11 is 0. The van der Waals surface area contributed by atoms with Crippen LogP contribution < -0.4 is 0 Å². The van der Waals surface area contributed by atoms with Crippen LogP contribution in [0.4, 0.5) is 26.3 Å². The van der Waals surface area contributed by atoms with Gasteiger partial charge in [0.2, 0.25) is 0 Å². The Hall–Kier alpha value is -3.44. The Morgan fingerprint density at radius 3 is 1.21 bits per heavy atom. The quantitative estimate of drug-likeness (QED) is 0.458. The molecule has 6 nitrogen and oxygen atoms in total. The first-order chi connectivity index (χ1) is 15.8. The molecule has 0 aliphatic heterocycles. The predicted octanol–water partition coefficient (Wildman–Crippen LogP) is 4.42. The van der Waals surface area contributed by atoms with E-state index in [1.54, 1.807) is 0 Å². The Kier molecular flexibility index (Phi) is 6.99. The molecule has 0 saturated heterocycles. The fraction of sp³-hybridized carbons (Fsp3) is 0.364. The molecule has 1 aliphatic rings. The van der Waals surface area contributed by atoms with Crippen molar-refractivity contribution in [1.82, 2.24) is 0 Å². The monoisotopic (exact) mass is 492 g/mol. The van der Waals surface area contributed by atoms with Crippen molar-refractivity contribution in [2.24, 2.45) is 11.8 Å². The first-order valence-corrected chi connectivity index (χ1v) is 9.81. The molecule has 0 bridgehead atoms. The number of halogens is 6. The first-order valence-electron chi connectivity index (χ1n) is 9.81. The maximum absolute atomic E-state index is 12.7. The molecule has 2 aromatic rings. The molecule has 0 atom stereocenters. The lowest BCUT2D eigenvalue weighted by molar-refractivity contribution is -0.201. The summed E-state index contributed by atoms with van der Waals surface area (Å²) in [6, 6.07) is 9.95. The second kappa shape index (κ2) is 9.43. The van der Waals surface area contributed by atoms with Crippen molar-refractivity contribution in [2.75, 3.05) is 13.2 Å². The second-order valence-electron chi connectivity index (χ2n) is 7.73. The lowest BCUT2D eigenvalue weighted by Crippen LogP contribution is -2.52. The van der Waals surface area contributed by atoms with Gasteiger partial charge >= 0.3 is 24.3 Å². The van der Waals surface area contributed by atoms with Crippen molar-refractivity contribution in [2.45, 2.75) is 24.2 Å². The summed E-state index contributed by atoms with van der Waals surface area (Å²) in [7, 11) is 0. The summed E-state index contributed by atoms with van der Waals surface area (Å²) in [6.45, 7) is -3.79. The van der Waals surface area contributed by atoms with Crippen molar-refractivity contribution < 1.29 is 55.6 Å². The van der Waals surface area contributed by atoms with Gasteiger partial charge in [0.25, 0.3) is 0 Å². The molecule has 0 amide bonds. The number of rotatable bonds is 6. The fourth-order valence-electron chi connectivity index (χ4n) is 4.06. The summed E-state index contributed by atoms with van der Waals surface area (Å²) in [5, 5.41) is 19.1. The van der Waals surface area contributed by atoms with Crippen LogP contribution in [0.2, 0.25) is 0 Å². The van der Waals surface area contributed by atoms with E-state index in [4.69, 9.17) is 0 Å². The topological polar surface area (TPSA) is 93.1 Å². The third-order valence-electron chi connectivity index (χ3n) is 5.40. The Bertz CT molecular complexity index is 925. The zero-order chi connectivity index (χ0) is 25.3. The third-order valence-corrected chi connectivity index (χ3v) is 5.40. The minimum absolute atomic E-state index is 0.189. The van der Waals surface area contributed by atoms with Gasteiger partial charge in [0.05, 0.1) is 11.8 Å². The Labute approximate surface area is 188 Å². The molecule has 2 aromatic carbocycles. The van der Waals surface area contributed by atoms with Crippen LogP contribution in [-0.2, 0) is 19.1 Å². The SMILES string of the molecule is O=C(OCC(F)(F)F)C1C(c2ccc(O)cc2)C(C(=O)OCC(F)(F)F)C1c1ccc(O)cc1. The van der Waals surface area contributed by atoms with E-state index >= 15 is 0 Å². The summed E-state index contributed by atoms with van der Waals surface area (Å²) in [5.41, 5.74) is 0.409. The number of carbonyl (C=O) groups excluding carboxylic acids is 2. The number of hydrogen-bond donors (Lipinski definition) is 2. The maximum atomic E-state index is 12.7. The van der Waals surface area contributed by atoms with Crippen molar-refractivity contribution in [1.29, 1.82) is 0 Å². The number of esters is 2. The molecule has 1 aliphatic carbocycles. The van der Waals surface area contributed by atoms with Gasteiger partial charge in [-0.25, -0.2) is 0 Å². The number of phenols is 2. The van der Waals surface area contributed by atoms with Gasteiger partial charge in [-0.1, -0.05) is 24.3 Å². The molecule has 2 N–H and O–H groups in total. The molecule has 1 fully saturated rings. The largest absolute Gasteiger partial charge is 0.508 e. The molecule has 0 spiro atoms. The van der Waals surface area contributed by atoms with Crippen molar-refractivity contribution in [3.63, 3.8) is 0 Å². The highest BCUT2D eigenvalue weighted by Crippen LogP contribution is 2.58. The van der Waals surface area contributed by atoms with E-state index in [1.807, 2.05) is 0 Å². The maximum Gasteiger partial charge on any atom is 0.422 e. The standard InChI is InChI=1S/C22H18F6O6/c23-21(24,25)9-33-19(31)17-15(11-1-5-13(29)6-2-11)18(20(32)34-10-22(26,27)28)16(17)12-3-7-14(30)8-4-12/h1-8,15-18,29-30H,9-10H2.